The van der Waals surface area contributed by atoms with Gasteiger partial charge in [-0.3, -0.25) is 4.79 Å². The van der Waals surface area contributed by atoms with Crippen molar-refractivity contribution in [2.45, 2.75) is 19.9 Å². The molecule has 0 saturated heterocycles. The smallest absolute Gasteiger partial charge is 0.152 e. The third-order valence-electron chi connectivity index (χ3n) is 3.41. The minimum Gasteiger partial charge on any atom is -0.333 e. The van der Waals surface area contributed by atoms with Crippen LogP contribution in [0, 0.1) is 0 Å². The Morgan fingerprint density at radius 3 is 1.94 bits per heavy atom. The van der Waals surface area contributed by atoms with Crippen LogP contribution in [0.5, 0.6) is 0 Å². The number of nitrogens with zero attached hydrogens (tertiary/aromatic N) is 1. The number of hydrogen-bond donors (Lipinski definition) is 0. The fourth-order valence-electron chi connectivity index (χ4n) is 2.46. The van der Waals surface area contributed by atoms with E-state index in [0.29, 0.717) is 13.0 Å². The normalized spacial score (nSPS) is 11.2. The average molecular weight is 237 g/mol. The van der Waals surface area contributed by atoms with Crippen LogP contribution in [0.15, 0.2) is 48.5 Å². The Labute approximate surface area is 106 Å². The van der Waals surface area contributed by atoms with Crippen molar-refractivity contribution in [3.8, 4) is 0 Å². The first-order valence-electron chi connectivity index (χ1n) is 6.29. The molecule has 3 aromatic rings. The zero-order valence-electron chi connectivity index (χ0n) is 10.4. The monoisotopic (exact) mass is 237 g/mol. The molecule has 0 N–H and O–H groups in total. The van der Waals surface area contributed by atoms with E-state index in [1.807, 2.05) is 31.2 Å². The van der Waals surface area contributed by atoms with Gasteiger partial charge in [0.15, 0.2) is 5.78 Å². The van der Waals surface area contributed by atoms with Gasteiger partial charge in [-0.15, -0.1) is 0 Å². The van der Waals surface area contributed by atoms with Crippen molar-refractivity contribution in [1.82, 2.24) is 4.57 Å². The summed E-state index contributed by atoms with van der Waals surface area (Å²) in [5.41, 5.74) is 2.28. The number of carbonyl (C=O) groups excluding carboxylic acids is 1. The van der Waals surface area contributed by atoms with Crippen LogP contribution in [0.4, 0.5) is 0 Å². The molecule has 2 nitrogen and oxygen atoms in total. The van der Waals surface area contributed by atoms with E-state index in [0.717, 1.165) is 11.0 Å². The molecule has 0 aliphatic heterocycles. The Hall–Kier alpha value is -2.09. The molecule has 0 radical (unpaired) electrons. The maximum absolute atomic E-state index is 11.7. The Morgan fingerprint density at radius 2 is 1.44 bits per heavy atom. The number of carbonyl (C=O) groups is 1. The zero-order chi connectivity index (χ0) is 12.5. The average Bonchev–Trinajstić information content (AvgIpc) is 2.74. The first kappa shape index (κ1) is 11.0. The fraction of sp³-hybridized carbons (Fsp3) is 0.188. The van der Waals surface area contributed by atoms with Crippen LogP contribution in [-0.4, -0.2) is 10.4 Å². The standard InChI is InChI=1S/C16H15NO/c1-2-12(18)11-17-15-9-5-3-7-13(15)14-8-4-6-10-16(14)17/h3-10H,2,11H2,1H3. The third-order valence-corrected chi connectivity index (χ3v) is 3.41. The Balaban J connectivity index is 2.34. The van der Waals surface area contributed by atoms with E-state index >= 15 is 0 Å². The molecule has 3 rings (SSSR count). The lowest BCUT2D eigenvalue weighted by Gasteiger charge is -2.05. The Morgan fingerprint density at radius 1 is 0.944 bits per heavy atom. The van der Waals surface area contributed by atoms with Gasteiger partial charge in [-0.05, 0) is 12.1 Å². The number of aromatic nitrogens is 1. The zero-order valence-corrected chi connectivity index (χ0v) is 10.4. The van der Waals surface area contributed by atoms with Crippen LogP contribution in [0.25, 0.3) is 21.8 Å². The van der Waals surface area contributed by atoms with Crippen LogP contribution >= 0.6 is 0 Å². The quantitative estimate of drug-likeness (QED) is 0.679. The summed E-state index contributed by atoms with van der Waals surface area (Å²) in [5, 5.41) is 2.44. The number of para-hydroxylation sites is 2. The van der Waals surface area contributed by atoms with Crippen LogP contribution in [0.2, 0.25) is 0 Å². The summed E-state index contributed by atoms with van der Waals surface area (Å²) < 4.78 is 2.12. The van der Waals surface area contributed by atoms with Gasteiger partial charge in [0.2, 0.25) is 0 Å². The van der Waals surface area contributed by atoms with Gasteiger partial charge in [-0.2, -0.15) is 0 Å². The minimum absolute atomic E-state index is 0.265. The molecule has 0 saturated carbocycles. The molecule has 18 heavy (non-hydrogen) atoms. The molecule has 1 heterocycles. The summed E-state index contributed by atoms with van der Waals surface area (Å²) in [7, 11) is 0. The van der Waals surface area contributed by atoms with Crippen molar-refractivity contribution in [2.24, 2.45) is 0 Å². The highest BCUT2D eigenvalue weighted by atomic mass is 16.1. The van der Waals surface area contributed by atoms with E-state index in [9.17, 15) is 4.79 Å². The van der Waals surface area contributed by atoms with Crippen molar-refractivity contribution in [2.75, 3.05) is 0 Å². The molecule has 1 aromatic heterocycles. The molecule has 0 unspecified atom stereocenters. The Kier molecular flexibility index (Phi) is 2.63. The lowest BCUT2D eigenvalue weighted by Crippen LogP contribution is -2.08. The van der Waals surface area contributed by atoms with Crippen molar-refractivity contribution >= 4 is 27.6 Å². The first-order chi connectivity index (χ1) is 8.81. The number of rotatable bonds is 3. The summed E-state index contributed by atoms with van der Waals surface area (Å²) in [6, 6.07) is 16.5. The summed E-state index contributed by atoms with van der Waals surface area (Å²) in [6.45, 7) is 2.38. The number of ketones is 1. The fourth-order valence-corrected chi connectivity index (χ4v) is 2.46. The maximum atomic E-state index is 11.7. The van der Waals surface area contributed by atoms with Gasteiger partial charge < -0.3 is 4.57 Å². The topological polar surface area (TPSA) is 22.0 Å². The largest absolute Gasteiger partial charge is 0.333 e. The third kappa shape index (κ3) is 1.61. The van der Waals surface area contributed by atoms with Crippen LogP contribution in [-0.2, 0) is 11.3 Å². The van der Waals surface area contributed by atoms with Gasteiger partial charge >= 0.3 is 0 Å². The van der Waals surface area contributed by atoms with Crippen LogP contribution < -0.4 is 0 Å². The number of hydrogen-bond acceptors (Lipinski definition) is 1. The number of benzene rings is 2. The van der Waals surface area contributed by atoms with Crippen LogP contribution in [0.3, 0.4) is 0 Å². The van der Waals surface area contributed by atoms with Gasteiger partial charge in [0.25, 0.3) is 0 Å². The van der Waals surface area contributed by atoms with E-state index in [1.54, 1.807) is 0 Å². The van der Waals surface area contributed by atoms with E-state index in [2.05, 4.69) is 28.8 Å². The van der Waals surface area contributed by atoms with E-state index in [4.69, 9.17) is 0 Å². The van der Waals surface area contributed by atoms with Gasteiger partial charge in [-0.1, -0.05) is 43.3 Å². The van der Waals surface area contributed by atoms with E-state index in [-0.39, 0.29) is 5.78 Å². The second-order valence-corrected chi connectivity index (χ2v) is 4.51. The Bertz CT molecular complexity index is 671. The molecule has 2 aromatic carbocycles. The molecule has 0 aliphatic carbocycles. The lowest BCUT2D eigenvalue weighted by molar-refractivity contribution is -0.119. The van der Waals surface area contributed by atoms with Gasteiger partial charge in [0, 0.05) is 28.2 Å². The molecule has 0 aliphatic rings. The molecule has 2 heteroatoms. The van der Waals surface area contributed by atoms with Crippen molar-refractivity contribution in [3.63, 3.8) is 0 Å². The molecule has 0 fully saturated rings. The molecule has 0 atom stereocenters. The van der Waals surface area contributed by atoms with Crippen molar-refractivity contribution in [1.29, 1.82) is 0 Å². The molecular formula is C16H15NO. The number of fused-ring (bicyclic) bond motifs is 3. The van der Waals surface area contributed by atoms with Gasteiger partial charge in [0.1, 0.15) is 0 Å². The second-order valence-electron chi connectivity index (χ2n) is 4.51. The summed E-state index contributed by atoms with van der Waals surface area (Å²) in [4.78, 5) is 11.7. The van der Waals surface area contributed by atoms with Gasteiger partial charge in [0.05, 0.1) is 6.54 Å². The molecular weight excluding hydrogens is 222 g/mol. The van der Waals surface area contributed by atoms with E-state index in [1.165, 1.54) is 10.8 Å². The molecule has 90 valence electrons. The summed E-state index contributed by atoms with van der Waals surface area (Å²) >= 11 is 0. The molecule has 0 amide bonds. The number of Topliss-reactive ketones (excluding diaryl/α,β-unsaturated/α-hetero) is 1. The molecule has 0 spiro atoms. The minimum atomic E-state index is 0.265. The van der Waals surface area contributed by atoms with Crippen LogP contribution in [0.1, 0.15) is 13.3 Å². The SMILES string of the molecule is CCC(=O)Cn1c2ccccc2c2ccccc21. The predicted molar refractivity (Wildman–Crippen MR) is 74.7 cm³/mol. The maximum Gasteiger partial charge on any atom is 0.152 e. The van der Waals surface area contributed by atoms with Crippen molar-refractivity contribution in [3.05, 3.63) is 48.5 Å². The summed E-state index contributed by atoms with van der Waals surface area (Å²) in [6.07, 6.45) is 0.584. The highest BCUT2D eigenvalue weighted by Gasteiger charge is 2.11. The lowest BCUT2D eigenvalue weighted by atomic mass is 10.2. The highest BCUT2D eigenvalue weighted by molar-refractivity contribution is 6.08. The molecule has 0 bridgehead atoms. The predicted octanol–water partition coefficient (Wildman–Crippen LogP) is 3.77. The second kappa shape index (κ2) is 4.30. The highest BCUT2D eigenvalue weighted by Crippen LogP contribution is 2.28. The van der Waals surface area contributed by atoms with E-state index < -0.39 is 0 Å². The summed E-state index contributed by atoms with van der Waals surface area (Å²) in [5.74, 6) is 0.265. The first-order valence-corrected chi connectivity index (χ1v) is 6.29. The van der Waals surface area contributed by atoms with Gasteiger partial charge in [-0.25, -0.2) is 0 Å². The van der Waals surface area contributed by atoms with Crippen molar-refractivity contribution < 1.29 is 4.79 Å².